The van der Waals surface area contributed by atoms with Crippen LogP contribution in [0.2, 0.25) is 0 Å². The molecule has 0 aliphatic carbocycles. The van der Waals surface area contributed by atoms with Gasteiger partial charge in [0.25, 0.3) is 0 Å². The standard InChI is InChI=1S/C24H23F2N3O3/c25-18-9-10-21(20(26)13-18)28-24(31)29-15-17(23(30)27-14-19-7-4-12-32-19)8-11-22(29)16-5-2-1-3-6-16/h1-7,9-10,12-13,17,22H,8,11,14-15H2,(H,27,30)(H,28,31). The minimum absolute atomic E-state index is 0.118. The Bertz CT molecular complexity index is 1070. The summed E-state index contributed by atoms with van der Waals surface area (Å²) in [5.74, 6) is -1.56. The molecule has 1 aromatic heterocycles. The summed E-state index contributed by atoms with van der Waals surface area (Å²) in [7, 11) is 0. The quantitative estimate of drug-likeness (QED) is 0.596. The normalized spacial score (nSPS) is 18.2. The van der Waals surface area contributed by atoms with Crippen LogP contribution in [0.25, 0.3) is 0 Å². The van der Waals surface area contributed by atoms with Crippen LogP contribution in [0, 0.1) is 17.6 Å². The van der Waals surface area contributed by atoms with Crippen molar-refractivity contribution in [2.24, 2.45) is 5.92 Å². The number of piperidine rings is 1. The second-order valence-electron chi connectivity index (χ2n) is 7.70. The molecule has 0 bridgehead atoms. The van der Waals surface area contributed by atoms with Crippen molar-refractivity contribution in [2.75, 3.05) is 11.9 Å². The lowest BCUT2D eigenvalue weighted by Crippen LogP contribution is -2.48. The molecule has 8 heteroatoms. The third-order valence-electron chi connectivity index (χ3n) is 5.59. The minimum Gasteiger partial charge on any atom is -0.467 e. The fourth-order valence-electron chi connectivity index (χ4n) is 3.94. The number of anilines is 1. The van der Waals surface area contributed by atoms with Crippen molar-refractivity contribution in [1.29, 1.82) is 0 Å². The van der Waals surface area contributed by atoms with E-state index in [1.165, 1.54) is 12.3 Å². The number of furan rings is 1. The average Bonchev–Trinajstić information content (AvgIpc) is 3.33. The van der Waals surface area contributed by atoms with Crippen LogP contribution in [0.15, 0.2) is 71.3 Å². The van der Waals surface area contributed by atoms with Gasteiger partial charge in [0, 0.05) is 12.6 Å². The fourth-order valence-corrected chi connectivity index (χ4v) is 3.94. The van der Waals surface area contributed by atoms with Crippen LogP contribution >= 0.6 is 0 Å². The Morgan fingerprint density at radius 2 is 1.84 bits per heavy atom. The molecular weight excluding hydrogens is 416 g/mol. The second-order valence-corrected chi connectivity index (χ2v) is 7.70. The minimum atomic E-state index is -0.862. The molecule has 3 amide bonds. The van der Waals surface area contributed by atoms with E-state index in [9.17, 15) is 18.4 Å². The summed E-state index contributed by atoms with van der Waals surface area (Å²) in [6.07, 6.45) is 2.70. The van der Waals surface area contributed by atoms with Crippen LogP contribution in [0.4, 0.5) is 19.3 Å². The molecule has 1 fully saturated rings. The van der Waals surface area contributed by atoms with Gasteiger partial charge in [-0.3, -0.25) is 4.79 Å². The number of rotatable bonds is 5. The molecule has 3 aromatic rings. The topological polar surface area (TPSA) is 74.6 Å². The van der Waals surface area contributed by atoms with Gasteiger partial charge in [0.2, 0.25) is 5.91 Å². The van der Waals surface area contributed by atoms with Crippen LogP contribution in [-0.4, -0.2) is 23.4 Å². The van der Waals surface area contributed by atoms with E-state index in [4.69, 9.17) is 4.42 Å². The van der Waals surface area contributed by atoms with Gasteiger partial charge < -0.3 is 20.0 Å². The number of amides is 3. The van der Waals surface area contributed by atoms with E-state index in [-0.39, 0.29) is 30.7 Å². The van der Waals surface area contributed by atoms with E-state index in [1.807, 2.05) is 30.3 Å². The maximum atomic E-state index is 14.1. The number of hydrogen-bond donors (Lipinski definition) is 2. The molecule has 2 aromatic carbocycles. The van der Waals surface area contributed by atoms with E-state index in [2.05, 4.69) is 10.6 Å². The molecule has 1 aliphatic heterocycles. The van der Waals surface area contributed by atoms with Gasteiger partial charge in [0.05, 0.1) is 30.5 Å². The SMILES string of the molecule is O=C(NCc1ccco1)C1CCC(c2ccccc2)N(C(=O)Nc2ccc(F)cc2F)C1. The van der Waals surface area contributed by atoms with Crippen LogP contribution in [0.1, 0.15) is 30.2 Å². The number of benzene rings is 2. The second kappa shape index (κ2) is 9.64. The molecule has 0 spiro atoms. The van der Waals surface area contributed by atoms with Crippen LogP contribution in [-0.2, 0) is 11.3 Å². The number of carbonyl (C=O) groups is 2. The van der Waals surface area contributed by atoms with Gasteiger partial charge in [-0.1, -0.05) is 30.3 Å². The highest BCUT2D eigenvalue weighted by molar-refractivity contribution is 5.90. The Morgan fingerprint density at radius 1 is 1.03 bits per heavy atom. The smallest absolute Gasteiger partial charge is 0.322 e. The first-order valence-electron chi connectivity index (χ1n) is 10.4. The zero-order valence-corrected chi connectivity index (χ0v) is 17.3. The van der Waals surface area contributed by atoms with Gasteiger partial charge in [-0.05, 0) is 42.7 Å². The molecule has 2 heterocycles. The van der Waals surface area contributed by atoms with Gasteiger partial charge in [-0.25, -0.2) is 13.6 Å². The van der Waals surface area contributed by atoms with Crippen LogP contribution in [0.5, 0.6) is 0 Å². The number of urea groups is 1. The maximum Gasteiger partial charge on any atom is 0.322 e. The molecule has 166 valence electrons. The molecule has 2 unspecified atom stereocenters. The fraction of sp³-hybridized carbons (Fsp3) is 0.250. The summed E-state index contributed by atoms with van der Waals surface area (Å²) < 4.78 is 32.6. The van der Waals surface area contributed by atoms with E-state index < -0.39 is 23.6 Å². The van der Waals surface area contributed by atoms with Crippen molar-refractivity contribution in [3.05, 3.63) is 89.9 Å². The average molecular weight is 439 g/mol. The highest BCUT2D eigenvalue weighted by Crippen LogP contribution is 2.34. The van der Waals surface area contributed by atoms with Crippen molar-refractivity contribution in [3.8, 4) is 0 Å². The van der Waals surface area contributed by atoms with Crippen molar-refractivity contribution in [3.63, 3.8) is 0 Å². The lowest BCUT2D eigenvalue weighted by molar-refractivity contribution is -0.127. The van der Waals surface area contributed by atoms with Crippen molar-refractivity contribution in [1.82, 2.24) is 10.2 Å². The lowest BCUT2D eigenvalue weighted by Gasteiger charge is -2.39. The van der Waals surface area contributed by atoms with Gasteiger partial charge in [-0.15, -0.1) is 0 Å². The molecule has 1 aliphatic rings. The lowest BCUT2D eigenvalue weighted by atomic mass is 9.88. The van der Waals surface area contributed by atoms with E-state index in [1.54, 1.807) is 17.0 Å². The zero-order valence-electron chi connectivity index (χ0n) is 17.3. The Morgan fingerprint density at radius 3 is 2.56 bits per heavy atom. The summed E-state index contributed by atoms with van der Waals surface area (Å²) in [4.78, 5) is 27.4. The number of hydrogen-bond acceptors (Lipinski definition) is 3. The third-order valence-corrected chi connectivity index (χ3v) is 5.59. The summed E-state index contributed by atoms with van der Waals surface area (Å²) in [5, 5.41) is 5.36. The third kappa shape index (κ3) is 4.96. The van der Waals surface area contributed by atoms with E-state index in [0.717, 1.165) is 11.6 Å². The Balaban J connectivity index is 1.50. The molecule has 6 nitrogen and oxygen atoms in total. The first-order chi connectivity index (χ1) is 15.5. The molecule has 1 saturated heterocycles. The first kappa shape index (κ1) is 21.5. The molecule has 0 radical (unpaired) electrons. The Hall–Kier alpha value is -3.68. The highest BCUT2D eigenvalue weighted by Gasteiger charge is 2.35. The predicted octanol–water partition coefficient (Wildman–Crippen LogP) is 4.86. The Kier molecular flexibility index (Phi) is 6.49. The number of nitrogens with zero attached hydrogens (tertiary/aromatic N) is 1. The van der Waals surface area contributed by atoms with Gasteiger partial charge in [-0.2, -0.15) is 0 Å². The summed E-state index contributed by atoms with van der Waals surface area (Å²) in [5.41, 5.74) is 0.810. The van der Waals surface area contributed by atoms with Gasteiger partial charge in [0.1, 0.15) is 17.4 Å². The Labute approximate surface area is 184 Å². The summed E-state index contributed by atoms with van der Waals surface area (Å²) in [6.45, 7) is 0.426. The van der Waals surface area contributed by atoms with Crippen LogP contribution in [0.3, 0.4) is 0 Å². The van der Waals surface area contributed by atoms with Gasteiger partial charge in [0.15, 0.2) is 0 Å². The van der Waals surface area contributed by atoms with Crippen molar-refractivity contribution >= 4 is 17.6 Å². The highest BCUT2D eigenvalue weighted by atomic mass is 19.1. The zero-order chi connectivity index (χ0) is 22.5. The van der Waals surface area contributed by atoms with Crippen molar-refractivity contribution in [2.45, 2.75) is 25.4 Å². The summed E-state index contributed by atoms with van der Waals surface area (Å²) in [6, 6.07) is 15.1. The summed E-state index contributed by atoms with van der Waals surface area (Å²) >= 11 is 0. The van der Waals surface area contributed by atoms with E-state index >= 15 is 0 Å². The molecule has 4 rings (SSSR count). The van der Waals surface area contributed by atoms with Crippen LogP contribution < -0.4 is 10.6 Å². The molecule has 32 heavy (non-hydrogen) atoms. The number of likely N-dealkylation sites (tertiary alicyclic amines) is 1. The monoisotopic (exact) mass is 439 g/mol. The van der Waals surface area contributed by atoms with E-state index in [0.29, 0.717) is 24.7 Å². The number of carbonyl (C=O) groups excluding carboxylic acids is 2. The first-order valence-corrected chi connectivity index (χ1v) is 10.4. The predicted molar refractivity (Wildman–Crippen MR) is 115 cm³/mol. The molecule has 2 N–H and O–H groups in total. The van der Waals surface area contributed by atoms with Crippen molar-refractivity contribution < 1.29 is 22.8 Å². The van der Waals surface area contributed by atoms with Gasteiger partial charge >= 0.3 is 6.03 Å². The number of halogens is 2. The molecule has 0 saturated carbocycles. The number of nitrogens with one attached hydrogen (secondary N) is 2. The largest absolute Gasteiger partial charge is 0.467 e. The molecular formula is C24H23F2N3O3. The maximum absolute atomic E-state index is 14.1. The molecule has 2 atom stereocenters.